The number of benzene rings is 1. The highest BCUT2D eigenvalue weighted by Gasteiger charge is 2.20. The number of aliphatic carboxylic acids is 1. The number of H-pyrrole nitrogens is 1. The molecule has 5 nitrogen and oxygen atoms in total. The van der Waals surface area contributed by atoms with E-state index in [1.807, 2.05) is 38.1 Å². The molecule has 2 rings (SSSR count). The van der Waals surface area contributed by atoms with Crippen molar-refractivity contribution in [3.8, 4) is 5.88 Å². The molecule has 0 saturated heterocycles. The van der Waals surface area contributed by atoms with Crippen molar-refractivity contribution in [1.29, 1.82) is 0 Å². The van der Waals surface area contributed by atoms with Gasteiger partial charge in [-0.15, -0.1) is 0 Å². The van der Waals surface area contributed by atoms with Crippen molar-refractivity contribution in [3.05, 3.63) is 47.4 Å². The fraction of sp³-hybridized carbons (Fsp3) is 0.333. The summed E-state index contributed by atoms with van der Waals surface area (Å²) in [5, 5.41) is 9.07. The molecule has 0 fully saturated rings. The summed E-state index contributed by atoms with van der Waals surface area (Å²) in [7, 11) is 0. The van der Waals surface area contributed by atoms with Gasteiger partial charge < -0.3 is 14.8 Å². The number of rotatable bonds is 6. The monoisotopic (exact) mass is 274 g/mol. The second-order valence-corrected chi connectivity index (χ2v) is 4.71. The largest absolute Gasteiger partial charge is 0.481 e. The van der Waals surface area contributed by atoms with Crippen molar-refractivity contribution in [2.75, 3.05) is 0 Å². The molecule has 0 saturated carbocycles. The lowest BCUT2D eigenvalue weighted by molar-refractivity contribution is -0.139. The number of nitrogens with one attached hydrogen (secondary N) is 1. The first-order valence-corrected chi connectivity index (χ1v) is 6.56. The standard InChI is InChI=1S/C15H18N2O3/c1-3-12(15(18)19)14-16-8-13(17-14)20-9-11-6-4-5-10(2)7-11/h4-8,12H,3,9H2,1-2H3,(H,16,17)(H,18,19). The minimum Gasteiger partial charge on any atom is -0.481 e. The quantitative estimate of drug-likeness (QED) is 0.849. The highest BCUT2D eigenvalue weighted by atomic mass is 16.5. The molecule has 1 atom stereocenters. The molecule has 20 heavy (non-hydrogen) atoms. The Morgan fingerprint density at radius 2 is 2.30 bits per heavy atom. The molecule has 1 aromatic carbocycles. The van der Waals surface area contributed by atoms with E-state index in [0.717, 1.165) is 5.56 Å². The summed E-state index contributed by atoms with van der Waals surface area (Å²) >= 11 is 0. The summed E-state index contributed by atoms with van der Waals surface area (Å²) in [6.45, 7) is 4.26. The number of hydrogen-bond donors (Lipinski definition) is 2. The van der Waals surface area contributed by atoms with Crippen molar-refractivity contribution in [2.45, 2.75) is 32.8 Å². The smallest absolute Gasteiger partial charge is 0.314 e. The Labute approximate surface area is 117 Å². The van der Waals surface area contributed by atoms with Gasteiger partial charge in [0.05, 0.1) is 6.20 Å². The average molecular weight is 274 g/mol. The minimum absolute atomic E-state index is 0.424. The molecule has 106 valence electrons. The Bertz CT molecular complexity index is 592. The first kappa shape index (κ1) is 14.1. The van der Waals surface area contributed by atoms with Gasteiger partial charge in [-0.2, -0.15) is 0 Å². The van der Waals surface area contributed by atoms with Crippen LogP contribution in [0.4, 0.5) is 0 Å². The van der Waals surface area contributed by atoms with Crippen LogP contribution in [0.2, 0.25) is 0 Å². The molecule has 0 spiro atoms. The van der Waals surface area contributed by atoms with Gasteiger partial charge in [0.1, 0.15) is 18.3 Å². The third-order valence-electron chi connectivity index (χ3n) is 3.09. The predicted octanol–water partition coefficient (Wildman–Crippen LogP) is 2.88. The zero-order valence-electron chi connectivity index (χ0n) is 11.6. The van der Waals surface area contributed by atoms with E-state index >= 15 is 0 Å². The first-order chi connectivity index (χ1) is 9.60. The Morgan fingerprint density at radius 1 is 1.50 bits per heavy atom. The zero-order chi connectivity index (χ0) is 14.5. The number of ether oxygens (including phenoxy) is 1. The third kappa shape index (κ3) is 3.38. The Kier molecular flexibility index (Phi) is 4.40. The maximum absolute atomic E-state index is 11.1. The number of aryl methyl sites for hydroxylation is 1. The van der Waals surface area contributed by atoms with Gasteiger partial charge >= 0.3 is 5.97 Å². The Morgan fingerprint density at radius 3 is 2.95 bits per heavy atom. The first-order valence-electron chi connectivity index (χ1n) is 6.56. The van der Waals surface area contributed by atoms with Gasteiger partial charge in [-0.1, -0.05) is 36.8 Å². The molecule has 0 aliphatic carbocycles. The van der Waals surface area contributed by atoms with Gasteiger partial charge in [0.25, 0.3) is 0 Å². The topological polar surface area (TPSA) is 75.2 Å². The van der Waals surface area contributed by atoms with Gasteiger partial charge in [-0.25, -0.2) is 4.98 Å². The van der Waals surface area contributed by atoms with Crippen molar-refractivity contribution in [3.63, 3.8) is 0 Å². The van der Waals surface area contributed by atoms with E-state index in [0.29, 0.717) is 24.7 Å². The van der Waals surface area contributed by atoms with E-state index in [1.54, 1.807) is 0 Å². The van der Waals surface area contributed by atoms with Crippen LogP contribution in [0, 0.1) is 6.92 Å². The van der Waals surface area contributed by atoms with E-state index in [1.165, 1.54) is 11.8 Å². The summed E-state index contributed by atoms with van der Waals surface area (Å²) in [6.07, 6.45) is 2.01. The van der Waals surface area contributed by atoms with E-state index in [-0.39, 0.29) is 0 Å². The molecule has 5 heteroatoms. The number of imidazole rings is 1. The second-order valence-electron chi connectivity index (χ2n) is 4.71. The van der Waals surface area contributed by atoms with E-state index in [2.05, 4.69) is 9.97 Å². The lowest BCUT2D eigenvalue weighted by atomic mass is 10.1. The number of carbonyl (C=O) groups is 1. The summed E-state index contributed by atoms with van der Waals surface area (Å²) < 4.78 is 5.59. The summed E-state index contributed by atoms with van der Waals surface area (Å²) in [5.41, 5.74) is 2.24. The van der Waals surface area contributed by atoms with Gasteiger partial charge in [-0.05, 0) is 18.9 Å². The highest BCUT2D eigenvalue weighted by Crippen LogP contribution is 2.19. The van der Waals surface area contributed by atoms with Crippen LogP contribution in [0.25, 0.3) is 0 Å². The van der Waals surface area contributed by atoms with E-state index in [9.17, 15) is 4.79 Å². The number of carboxylic acid groups (broad SMARTS) is 1. The maximum Gasteiger partial charge on any atom is 0.314 e. The van der Waals surface area contributed by atoms with E-state index < -0.39 is 11.9 Å². The third-order valence-corrected chi connectivity index (χ3v) is 3.09. The summed E-state index contributed by atoms with van der Waals surface area (Å²) in [6, 6.07) is 8.03. The second kappa shape index (κ2) is 6.23. The van der Waals surface area contributed by atoms with Crippen molar-refractivity contribution in [1.82, 2.24) is 9.97 Å². The highest BCUT2D eigenvalue weighted by molar-refractivity contribution is 5.74. The van der Waals surface area contributed by atoms with Gasteiger partial charge in [0, 0.05) is 0 Å². The SMILES string of the molecule is CCC(C(=O)O)c1ncc(OCc2cccc(C)c2)[nH]1. The van der Waals surface area contributed by atoms with Crippen molar-refractivity contribution in [2.24, 2.45) is 0 Å². The predicted molar refractivity (Wildman–Crippen MR) is 74.8 cm³/mol. The summed E-state index contributed by atoms with van der Waals surface area (Å²) in [4.78, 5) is 18.0. The van der Waals surface area contributed by atoms with Gasteiger partial charge in [-0.3, -0.25) is 4.79 Å². The molecule has 0 aliphatic rings. The molecular weight excluding hydrogens is 256 g/mol. The fourth-order valence-corrected chi connectivity index (χ4v) is 2.02. The molecule has 2 aromatic rings. The Hall–Kier alpha value is -2.30. The van der Waals surface area contributed by atoms with E-state index in [4.69, 9.17) is 9.84 Å². The molecule has 0 amide bonds. The average Bonchev–Trinajstić information content (AvgIpc) is 2.85. The number of aromatic amines is 1. The van der Waals surface area contributed by atoms with Gasteiger partial charge in [0.15, 0.2) is 0 Å². The van der Waals surface area contributed by atoms with Crippen LogP contribution in [0.3, 0.4) is 0 Å². The van der Waals surface area contributed by atoms with Crippen LogP contribution in [0.1, 0.15) is 36.2 Å². The lowest BCUT2D eigenvalue weighted by Gasteiger charge is -2.06. The van der Waals surface area contributed by atoms with Crippen LogP contribution in [-0.4, -0.2) is 21.0 Å². The number of nitrogens with zero attached hydrogens (tertiary/aromatic N) is 1. The van der Waals surface area contributed by atoms with Crippen LogP contribution in [0.15, 0.2) is 30.5 Å². The molecule has 0 aliphatic heterocycles. The van der Waals surface area contributed by atoms with Crippen molar-refractivity contribution < 1.29 is 14.6 Å². The van der Waals surface area contributed by atoms with Gasteiger partial charge in [0.2, 0.25) is 5.88 Å². The molecule has 1 aromatic heterocycles. The van der Waals surface area contributed by atoms with Crippen LogP contribution < -0.4 is 4.74 Å². The summed E-state index contributed by atoms with van der Waals surface area (Å²) in [5.74, 6) is -0.584. The molecule has 2 N–H and O–H groups in total. The van der Waals surface area contributed by atoms with Crippen molar-refractivity contribution >= 4 is 5.97 Å². The maximum atomic E-state index is 11.1. The molecule has 1 heterocycles. The zero-order valence-corrected chi connectivity index (χ0v) is 11.6. The molecule has 0 radical (unpaired) electrons. The fourth-order valence-electron chi connectivity index (χ4n) is 2.02. The van der Waals surface area contributed by atoms with Crippen LogP contribution in [-0.2, 0) is 11.4 Å². The number of carboxylic acids is 1. The Balaban J connectivity index is 2.01. The molecule has 0 bridgehead atoms. The lowest BCUT2D eigenvalue weighted by Crippen LogP contribution is -2.12. The number of aromatic nitrogens is 2. The minimum atomic E-state index is -0.882. The normalized spacial score (nSPS) is 12.1. The molecular formula is C15H18N2O3. The number of hydrogen-bond acceptors (Lipinski definition) is 3. The molecule has 1 unspecified atom stereocenters. The van der Waals surface area contributed by atoms with Crippen LogP contribution >= 0.6 is 0 Å². The van der Waals surface area contributed by atoms with Crippen LogP contribution in [0.5, 0.6) is 5.88 Å².